The maximum Gasteiger partial charge on any atom is 0.185 e. The van der Waals surface area contributed by atoms with Gasteiger partial charge in [0.05, 0.1) is 6.07 Å². The van der Waals surface area contributed by atoms with Crippen molar-refractivity contribution in [2.24, 2.45) is 0 Å². The molecule has 0 saturated heterocycles. The molecule has 106 valence electrons. The molecule has 2 aromatic carbocycles. The number of carbonyl (C=O) groups is 1. The zero-order valence-corrected chi connectivity index (χ0v) is 14.9. The monoisotopic (exact) mass is 477 g/mol. The predicted octanol–water partition coefficient (Wildman–Crippen LogP) is 5.34. The van der Waals surface area contributed by atoms with E-state index in [1.165, 1.54) is 18.2 Å². The highest BCUT2D eigenvalue weighted by molar-refractivity contribution is 14.1. The van der Waals surface area contributed by atoms with E-state index < -0.39 is 17.5 Å². The molecular weight excluding hydrogens is 471 g/mol. The number of ketones is 1. The summed E-state index contributed by atoms with van der Waals surface area (Å²) in [7, 11) is 0. The maximum atomic E-state index is 13.9. The molecule has 0 aliphatic carbocycles. The van der Waals surface area contributed by atoms with E-state index in [9.17, 15) is 14.4 Å². The van der Waals surface area contributed by atoms with Gasteiger partial charge in [0.2, 0.25) is 0 Å². The smallest absolute Gasteiger partial charge is 0.185 e. The third-order valence-electron chi connectivity index (χ3n) is 2.87. The highest BCUT2D eigenvalue weighted by Crippen LogP contribution is 2.31. The Kier molecular flexibility index (Phi) is 5.36. The van der Waals surface area contributed by atoms with Gasteiger partial charge in [0.1, 0.15) is 11.7 Å². The second-order valence-corrected chi connectivity index (χ2v) is 6.67. The van der Waals surface area contributed by atoms with E-state index >= 15 is 0 Å². The van der Waals surface area contributed by atoms with Crippen LogP contribution in [0.3, 0.4) is 0 Å². The van der Waals surface area contributed by atoms with Crippen LogP contribution in [0, 0.1) is 20.7 Å². The van der Waals surface area contributed by atoms with E-state index in [1.807, 2.05) is 28.7 Å². The molecule has 0 bridgehead atoms. The Morgan fingerprint density at radius 3 is 2.71 bits per heavy atom. The summed E-state index contributed by atoms with van der Waals surface area (Å²) in [6.07, 6.45) is 0. The average Bonchev–Trinajstić information content (AvgIpc) is 2.45. The molecule has 0 aromatic heterocycles. The fourth-order valence-electron chi connectivity index (χ4n) is 1.88. The number of hydrogen-bond donors (Lipinski definition) is 0. The van der Waals surface area contributed by atoms with Gasteiger partial charge in [-0.25, -0.2) is 4.39 Å². The Morgan fingerprint density at radius 1 is 1.38 bits per heavy atom. The van der Waals surface area contributed by atoms with Gasteiger partial charge in [0.25, 0.3) is 0 Å². The SMILES string of the molecule is N#CC(C(=O)c1cc(Br)ccc1I)c1c(F)cccc1Cl. The van der Waals surface area contributed by atoms with E-state index in [1.54, 1.807) is 18.2 Å². The number of rotatable bonds is 3. The molecule has 0 amide bonds. The first-order valence-corrected chi connectivity index (χ1v) is 8.03. The minimum Gasteiger partial charge on any atom is -0.292 e. The van der Waals surface area contributed by atoms with Crippen molar-refractivity contribution < 1.29 is 9.18 Å². The Hall–Kier alpha value is -0.970. The first kappa shape index (κ1) is 16.4. The summed E-state index contributed by atoms with van der Waals surface area (Å²) in [5.74, 6) is -2.41. The fraction of sp³-hybridized carbons (Fsp3) is 0.0667. The first-order chi connectivity index (χ1) is 9.95. The van der Waals surface area contributed by atoms with Gasteiger partial charge in [0, 0.05) is 24.2 Å². The van der Waals surface area contributed by atoms with Crippen LogP contribution in [-0.4, -0.2) is 5.78 Å². The molecule has 6 heteroatoms. The van der Waals surface area contributed by atoms with E-state index in [2.05, 4.69) is 15.9 Å². The lowest BCUT2D eigenvalue weighted by Crippen LogP contribution is -2.14. The van der Waals surface area contributed by atoms with Crippen LogP contribution in [0.2, 0.25) is 5.02 Å². The van der Waals surface area contributed by atoms with Crippen molar-refractivity contribution in [2.45, 2.75) is 5.92 Å². The molecule has 0 spiro atoms. The van der Waals surface area contributed by atoms with Crippen LogP contribution < -0.4 is 0 Å². The zero-order chi connectivity index (χ0) is 15.6. The van der Waals surface area contributed by atoms with Crippen LogP contribution in [0.25, 0.3) is 0 Å². The van der Waals surface area contributed by atoms with Crippen molar-refractivity contribution in [2.75, 3.05) is 0 Å². The predicted molar refractivity (Wildman–Crippen MR) is 91.0 cm³/mol. The Balaban J connectivity index is 2.55. The third-order valence-corrected chi connectivity index (χ3v) is 4.64. The summed E-state index contributed by atoms with van der Waals surface area (Å²) >= 11 is 11.2. The summed E-state index contributed by atoms with van der Waals surface area (Å²) in [6, 6.07) is 11.1. The quantitative estimate of drug-likeness (QED) is 0.442. The van der Waals surface area contributed by atoms with Gasteiger partial charge in [0.15, 0.2) is 5.78 Å². The highest BCUT2D eigenvalue weighted by atomic mass is 127. The Labute approximate surface area is 148 Å². The number of benzene rings is 2. The molecule has 0 aliphatic rings. The Morgan fingerprint density at radius 2 is 2.10 bits per heavy atom. The van der Waals surface area contributed by atoms with Gasteiger partial charge in [-0.1, -0.05) is 33.6 Å². The topological polar surface area (TPSA) is 40.9 Å². The minimum absolute atomic E-state index is 0.0694. The van der Waals surface area contributed by atoms with Crippen LogP contribution in [0.5, 0.6) is 0 Å². The molecule has 1 atom stereocenters. The van der Waals surface area contributed by atoms with Gasteiger partial charge >= 0.3 is 0 Å². The number of halogens is 4. The second kappa shape index (κ2) is 6.86. The summed E-state index contributed by atoms with van der Waals surface area (Å²) in [5.41, 5.74) is 0.276. The van der Waals surface area contributed by atoms with Gasteiger partial charge in [-0.3, -0.25) is 4.79 Å². The van der Waals surface area contributed by atoms with Crippen molar-refractivity contribution in [3.05, 3.63) is 66.4 Å². The molecule has 0 saturated carbocycles. The van der Waals surface area contributed by atoms with Crippen LogP contribution in [0.1, 0.15) is 21.8 Å². The fourth-order valence-corrected chi connectivity index (χ4v) is 3.12. The third kappa shape index (κ3) is 3.44. The van der Waals surface area contributed by atoms with Crippen LogP contribution >= 0.6 is 50.1 Å². The molecule has 0 radical (unpaired) electrons. The van der Waals surface area contributed by atoms with Gasteiger partial charge in [-0.15, -0.1) is 0 Å². The lowest BCUT2D eigenvalue weighted by molar-refractivity contribution is 0.0976. The highest BCUT2D eigenvalue weighted by Gasteiger charge is 2.28. The molecule has 1 unspecified atom stereocenters. The molecule has 21 heavy (non-hydrogen) atoms. The molecule has 0 aliphatic heterocycles. The molecule has 2 rings (SSSR count). The zero-order valence-electron chi connectivity index (χ0n) is 10.4. The van der Waals surface area contributed by atoms with E-state index in [4.69, 9.17) is 11.6 Å². The summed E-state index contributed by atoms with van der Waals surface area (Å²) in [4.78, 5) is 12.6. The number of nitriles is 1. The van der Waals surface area contributed by atoms with Crippen molar-refractivity contribution in [3.63, 3.8) is 0 Å². The van der Waals surface area contributed by atoms with E-state index in [0.717, 1.165) is 0 Å². The molecule has 2 aromatic rings. The maximum absolute atomic E-state index is 13.9. The summed E-state index contributed by atoms with van der Waals surface area (Å²) in [5, 5.41) is 9.38. The molecule has 0 fully saturated rings. The van der Waals surface area contributed by atoms with Crippen molar-refractivity contribution in [3.8, 4) is 6.07 Å². The van der Waals surface area contributed by atoms with Gasteiger partial charge in [-0.2, -0.15) is 5.26 Å². The van der Waals surface area contributed by atoms with Crippen molar-refractivity contribution in [1.82, 2.24) is 0 Å². The lowest BCUT2D eigenvalue weighted by atomic mass is 9.91. The lowest BCUT2D eigenvalue weighted by Gasteiger charge is -2.13. The number of carbonyl (C=O) groups excluding carboxylic acids is 1. The Bertz CT molecular complexity index is 740. The first-order valence-electron chi connectivity index (χ1n) is 5.78. The van der Waals surface area contributed by atoms with E-state index in [0.29, 0.717) is 13.6 Å². The standard InChI is InChI=1S/C15H7BrClFINO/c16-8-4-5-13(19)9(6-8)15(21)10(7-20)14-11(17)2-1-3-12(14)18/h1-6,10H. The minimum atomic E-state index is -1.28. The second-order valence-electron chi connectivity index (χ2n) is 4.19. The number of Topliss-reactive ketones (excluding diaryl/α,β-unsaturated/α-hetero) is 1. The van der Waals surface area contributed by atoms with Crippen LogP contribution in [-0.2, 0) is 0 Å². The van der Waals surface area contributed by atoms with Gasteiger partial charge < -0.3 is 0 Å². The molecule has 0 heterocycles. The summed E-state index contributed by atoms with van der Waals surface area (Å²) in [6.45, 7) is 0. The van der Waals surface area contributed by atoms with E-state index in [-0.39, 0.29) is 10.6 Å². The number of nitrogens with zero attached hydrogens (tertiary/aromatic N) is 1. The largest absolute Gasteiger partial charge is 0.292 e. The molecule has 2 nitrogen and oxygen atoms in total. The average molecular weight is 478 g/mol. The normalized spacial score (nSPS) is 11.8. The van der Waals surface area contributed by atoms with Crippen molar-refractivity contribution >= 4 is 55.9 Å². The van der Waals surface area contributed by atoms with Gasteiger partial charge in [-0.05, 0) is 52.9 Å². The number of hydrogen-bond acceptors (Lipinski definition) is 2. The molecule has 0 N–H and O–H groups in total. The van der Waals surface area contributed by atoms with Crippen LogP contribution in [0.15, 0.2) is 40.9 Å². The summed E-state index contributed by atoms with van der Waals surface area (Å²) < 4.78 is 15.3. The van der Waals surface area contributed by atoms with Crippen LogP contribution in [0.4, 0.5) is 4.39 Å². The van der Waals surface area contributed by atoms with Crippen molar-refractivity contribution in [1.29, 1.82) is 5.26 Å². The molecular formula is C15H7BrClFINO.